The number of benzene rings is 2. The van der Waals surface area contributed by atoms with E-state index in [0.717, 1.165) is 5.56 Å². The van der Waals surface area contributed by atoms with Crippen LogP contribution in [0.2, 0.25) is 0 Å². The van der Waals surface area contributed by atoms with Crippen LogP contribution < -0.4 is 0 Å². The van der Waals surface area contributed by atoms with Crippen LogP contribution in [0, 0.1) is 18.3 Å². The zero-order valence-corrected chi connectivity index (χ0v) is 14.7. The molecule has 1 saturated carbocycles. The van der Waals surface area contributed by atoms with E-state index >= 15 is 0 Å². The Bertz CT molecular complexity index is 887. The Labute approximate surface area is 143 Å². The molecule has 0 spiro atoms. The van der Waals surface area contributed by atoms with Gasteiger partial charge in [0.15, 0.2) is 0 Å². The number of allylic oxidation sites excluding steroid dienone is 1. The number of hydrogen-bond donors (Lipinski definition) is 0. The normalized spacial score (nSPS) is 28.5. The zero-order valence-electron chi connectivity index (χ0n) is 13.9. The van der Waals surface area contributed by atoms with Gasteiger partial charge in [0.05, 0.1) is 4.90 Å². The van der Waals surface area contributed by atoms with Crippen LogP contribution in [0.4, 0.5) is 0 Å². The van der Waals surface area contributed by atoms with Gasteiger partial charge in [0.25, 0.3) is 10.0 Å². The van der Waals surface area contributed by atoms with Crippen molar-refractivity contribution in [1.29, 1.82) is 0 Å². The summed E-state index contributed by atoms with van der Waals surface area (Å²) in [4.78, 5) is 0.360. The molecule has 4 heteroatoms. The molecule has 1 fully saturated rings. The van der Waals surface area contributed by atoms with E-state index in [1.807, 2.05) is 37.3 Å². The molecule has 1 aliphatic heterocycles. The van der Waals surface area contributed by atoms with Gasteiger partial charge in [-0.05, 0) is 41.9 Å². The highest BCUT2D eigenvalue weighted by atomic mass is 32.2. The highest BCUT2D eigenvalue weighted by molar-refractivity contribution is 7.89. The number of nitrogens with zero attached hydrogens (tertiary/aromatic N) is 1. The summed E-state index contributed by atoms with van der Waals surface area (Å²) in [5.41, 5.74) is 2.42. The second kappa shape index (κ2) is 5.21. The van der Waals surface area contributed by atoms with Crippen molar-refractivity contribution in [2.75, 3.05) is 6.54 Å². The van der Waals surface area contributed by atoms with Crippen molar-refractivity contribution in [3.63, 3.8) is 0 Å². The Hall–Kier alpha value is -2.07. The van der Waals surface area contributed by atoms with Crippen molar-refractivity contribution in [2.24, 2.45) is 11.3 Å². The Morgan fingerprint density at radius 1 is 1.04 bits per heavy atom. The van der Waals surface area contributed by atoms with Crippen molar-refractivity contribution in [1.82, 2.24) is 4.31 Å². The Balaban J connectivity index is 1.61. The van der Waals surface area contributed by atoms with Crippen LogP contribution in [0.15, 0.2) is 71.8 Å². The lowest BCUT2D eigenvalue weighted by molar-refractivity contribution is 0.432. The predicted molar refractivity (Wildman–Crippen MR) is 95.0 cm³/mol. The smallest absolute Gasteiger partial charge is 0.263 e. The van der Waals surface area contributed by atoms with E-state index in [1.165, 1.54) is 9.87 Å². The molecule has 124 valence electrons. The summed E-state index contributed by atoms with van der Waals surface area (Å²) >= 11 is 0. The molecule has 2 aliphatic rings. The summed E-state index contributed by atoms with van der Waals surface area (Å²) in [5.74, 6) is 0.735. The van der Waals surface area contributed by atoms with Crippen LogP contribution in [0.25, 0.3) is 0 Å². The lowest BCUT2D eigenvalue weighted by atomic mass is 10.0. The van der Waals surface area contributed by atoms with E-state index < -0.39 is 10.0 Å². The molecule has 3 nitrogen and oxygen atoms in total. The van der Waals surface area contributed by atoms with Crippen molar-refractivity contribution in [3.8, 4) is 0 Å². The number of rotatable bonds is 3. The van der Waals surface area contributed by atoms with Crippen LogP contribution in [-0.2, 0) is 10.0 Å². The topological polar surface area (TPSA) is 37.4 Å². The maximum Gasteiger partial charge on any atom is 0.263 e. The maximum atomic E-state index is 12.9. The van der Waals surface area contributed by atoms with Gasteiger partial charge in [0.2, 0.25) is 0 Å². The van der Waals surface area contributed by atoms with E-state index in [9.17, 15) is 8.42 Å². The predicted octanol–water partition coefficient (Wildman–Crippen LogP) is 3.93. The van der Waals surface area contributed by atoms with E-state index in [4.69, 9.17) is 0 Å². The first-order valence-corrected chi connectivity index (χ1v) is 9.70. The molecule has 1 heterocycles. The van der Waals surface area contributed by atoms with E-state index in [1.54, 1.807) is 18.3 Å². The molecule has 4 rings (SSSR count). The van der Waals surface area contributed by atoms with Crippen LogP contribution >= 0.6 is 0 Å². The third-order valence-corrected chi connectivity index (χ3v) is 7.28. The molecule has 0 amide bonds. The van der Waals surface area contributed by atoms with Gasteiger partial charge < -0.3 is 0 Å². The fourth-order valence-corrected chi connectivity index (χ4v) is 5.26. The summed E-state index contributed by atoms with van der Waals surface area (Å²) in [7, 11) is -3.47. The third kappa shape index (κ3) is 2.28. The molecule has 2 aromatic carbocycles. The van der Waals surface area contributed by atoms with Crippen LogP contribution in [0.5, 0.6) is 0 Å². The SMILES string of the molecule is Cc1ccc(S(=O)(=O)N2C=CC3(C)C(C2)C3c2ccccc2)cc1. The van der Waals surface area contributed by atoms with Crippen LogP contribution in [-0.4, -0.2) is 19.3 Å². The highest BCUT2D eigenvalue weighted by Gasteiger charge is 2.62. The average Bonchev–Trinajstić information content (AvgIpc) is 3.20. The standard InChI is InChI=1S/C20H21NO2S/c1-15-8-10-17(11-9-15)24(22,23)21-13-12-20(2)18(14-21)19(20)16-6-4-3-5-7-16/h3-13,18-19H,14H2,1-2H3. The molecule has 0 radical (unpaired) electrons. The summed E-state index contributed by atoms with van der Waals surface area (Å²) in [6, 6.07) is 17.5. The first-order chi connectivity index (χ1) is 11.4. The molecular weight excluding hydrogens is 318 g/mol. The molecule has 2 aromatic rings. The average molecular weight is 339 g/mol. The summed E-state index contributed by atoms with van der Waals surface area (Å²) in [5, 5.41) is 0. The van der Waals surface area contributed by atoms with Crippen LogP contribution in [0.3, 0.4) is 0 Å². The molecule has 0 aromatic heterocycles. The van der Waals surface area contributed by atoms with Gasteiger partial charge in [-0.25, -0.2) is 8.42 Å². The van der Waals surface area contributed by atoms with Gasteiger partial charge >= 0.3 is 0 Å². The van der Waals surface area contributed by atoms with Gasteiger partial charge in [0, 0.05) is 12.7 Å². The molecule has 0 bridgehead atoms. The Morgan fingerprint density at radius 3 is 2.38 bits per heavy atom. The molecule has 0 saturated heterocycles. The Morgan fingerprint density at radius 2 is 1.71 bits per heavy atom. The summed E-state index contributed by atoms with van der Waals surface area (Å²) in [6.07, 6.45) is 3.83. The molecule has 24 heavy (non-hydrogen) atoms. The summed E-state index contributed by atoms with van der Waals surface area (Å²) in [6.45, 7) is 4.72. The molecule has 3 unspecified atom stereocenters. The first-order valence-electron chi connectivity index (χ1n) is 8.26. The quantitative estimate of drug-likeness (QED) is 0.849. The minimum atomic E-state index is -3.47. The third-order valence-electron chi connectivity index (χ3n) is 5.53. The molecule has 1 aliphatic carbocycles. The second-order valence-electron chi connectivity index (χ2n) is 7.06. The molecular formula is C20H21NO2S. The van der Waals surface area contributed by atoms with E-state index in [-0.39, 0.29) is 5.41 Å². The van der Waals surface area contributed by atoms with Crippen molar-refractivity contribution < 1.29 is 8.42 Å². The molecule has 3 atom stereocenters. The van der Waals surface area contributed by atoms with Crippen molar-refractivity contribution in [3.05, 3.63) is 78.0 Å². The number of fused-ring (bicyclic) bond motifs is 1. The van der Waals surface area contributed by atoms with Crippen LogP contribution in [0.1, 0.15) is 24.0 Å². The minimum absolute atomic E-state index is 0.0701. The second-order valence-corrected chi connectivity index (χ2v) is 8.95. The zero-order chi connectivity index (χ0) is 16.9. The fraction of sp³-hybridized carbons (Fsp3) is 0.300. The van der Waals surface area contributed by atoms with E-state index in [0.29, 0.717) is 23.3 Å². The van der Waals surface area contributed by atoms with E-state index in [2.05, 4.69) is 25.1 Å². The fourth-order valence-electron chi connectivity index (χ4n) is 3.93. The van der Waals surface area contributed by atoms with Gasteiger partial charge in [-0.1, -0.05) is 61.0 Å². The lowest BCUT2D eigenvalue weighted by Crippen LogP contribution is -2.31. The Kier molecular flexibility index (Phi) is 3.36. The summed E-state index contributed by atoms with van der Waals surface area (Å²) < 4.78 is 27.3. The maximum absolute atomic E-state index is 12.9. The van der Waals surface area contributed by atoms with Gasteiger partial charge in [-0.3, -0.25) is 4.31 Å². The minimum Gasteiger partial charge on any atom is -0.273 e. The monoisotopic (exact) mass is 339 g/mol. The highest BCUT2D eigenvalue weighted by Crippen LogP contribution is 2.67. The van der Waals surface area contributed by atoms with Crippen molar-refractivity contribution in [2.45, 2.75) is 24.7 Å². The lowest BCUT2D eigenvalue weighted by Gasteiger charge is -2.25. The van der Waals surface area contributed by atoms with Gasteiger partial charge in [0.1, 0.15) is 0 Å². The van der Waals surface area contributed by atoms with Gasteiger partial charge in [-0.2, -0.15) is 0 Å². The molecule has 0 N–H and O–H groups in total. The number of aryl methyl sites for hydroxylation is 1. The number of hydrogen-bond acceptors (Lipinski definition) is 2. The van der Waals surface area contributed by atoms with Crippen molar-refractivity contribution >= 4 is 10.0 Å². The largest absolute Gasteiger partial charge is 0.273 e. The van der Waals surface area contributed by atoms with Gasteiger partial charge in [-0.15, -0.1) is 0 Å². The number of sulfonamides is 1. The first kappa shape index (κ1) is 15.5.